The average molecular weight is 250 g/mol. The maximum atomic E-state index is 4.33. The lowest BCUT2D eigenvalue weighted by molar-refractivity contribution is 0.129. The number of rotatable bonds is 3. The molecule has 102 valence electrons. The molecule has 1 fully saturated rings. The van der Waals surface area contributed by atoms with Crippen LogP contribution in [0.4, 0.5) is 0 Å². The van der Waals surface area contributed by atoms with Gasteiger partial charge < -0.3 is 5.32 Å². The van der Waals surface area contributed by atoms with E-state index in [1.165, 1.54) is 25.7 Å². The van der Waals surface area contributed by atoms with Gasteiger partial charge in [-0.05, 0) is 24.2 Å². The Labute approximate surface area is 110 Å². The molecule has 1 heterocycles. The second-order valence-corrected chi connectivity index (χ2v) is 6.58. The maximum absolute atomic E-state index is 4.33. The third-order valence-electron chi connectivity index (χ3n) is 4.05. The Morgan fingerprint density at radius 3 is 2.67 bits per heavy atom. The second-order valence-electron chi connectivity index (χ2n) is 6.58. The van der Waals surface area contributed by atoms with Gasteiger partial charge in [0.25, 0.3) is 0 Å². The van der Waals surface area contributed by atoms with Crippen molar-refractivity contribution in [2.75, 3.05) is 0 Å². The molecule has 2 atom stereocenters. The van der Waals surface area contributed by atoms with Crippen LogP contribution in [0.5, 0.6) is 0 Å². The minimum absolute atomic E-state index is 0.385. The summed E-state index contributed by atoms with van der Waals surface area (Å²) in [6.07, 6.45) is 7.12. The van der Waals surface area contributed by atoms with Crippen LogP contribution in [0.15, 0.2) is 6.33 Å². The fourth-order valence-corrected chi connectivity index (χ4v) is 3.10. The molecule has 1 aromatic rings. The normalized spacial score (nSPS) is 25.3. The van der Waals surface area contributed by atoms with Gasteiger partial charge in [0.2, 0.25) is 0 Å². The molecule has 0 amide bonds. The summed E-state index contributed by atoms with van der Waals surface area (Å²) >= 11 is 0. The van der Waals surface area contributed by atoms with Gasteiger partial charge in [-0.3, -0.25) is 4.68 Å². The molecule has 4 heteroatoms. The monoisotopic (exact) mass is 250 g/mol. The smallest absolute Gasteiger partial charge is 0.164 e. The quantitative estimate of drug-likeness (QED) is 0.896. The van der Waals surface area contributed by atoms with Gasteiger partial charge in [0.15, 0.2) is 5.82 Å². The molecule has 2 rings (SSSR count). The minimum Gasteiger partial charge on any atom is -0.307 e. The van der Waals surface area contributed by atoms with E-state index in [2.05, 4.69) is 36.2 Å². The van der Waals surface area contributed by atoms with Gasteiger partial charge in [0.1, 0.15) is 6.33 Å². The summed E-state index contributed by atoms with van der Waals surface area (Å²) in [6.45, 7) is 7.86. The summed E-state index contributed by atoms with van der Waals surface area (Å²) in [4.78, 5) is 4.28. The summed E-state index contributed by atoms with van der Waals surface area (Å²) in [5.41, 5.74) is 0.385. The zero-order chi connectivity index (χ0) is 13.2. The Morgan fingerprint density at radius 1 is 1.33 bits per heavy atom. The number of aryl methyl sites for hydroxylation is 1. The van der Waals surface area contributed by atoms with Gasteiger partial charge in [0, 0.05) is 13.1 Å². The largest absolute Gasteiger partial charge is 0.307 e. The van der Waals surface area contributed by atoms with Crippen LogP contribution >= 0.6 is 0 Å². The van der Waals surface area contributed by atoms with Crippen LogP contribution in [0, 0.1) is 11.3 Å². The molecule has 4 nitrogen and oxygen atoms in total. The first-order valence-corrected chi connectivity index (χ1v) is 7.05. The molecule has 1 aliphatic carbocycles. The Balaban J connectivity index is 1.93. The van der Waals surface area contributed by atoms with Crippen molar-refractivity contribution in [2.45, 2.75) is 59.0 Å². The average Bonchev–Trinajstić information content (AvgIpc) is 2.72. The molecule has 0 aliphatic heterocycles. The fourth-order valence-electron chi connectivity index (χ4n) is 3.10. The van der Waals surface area contributed by atoms with Gasteiger partial charge in [0.05, 0.1) is 6.54 Å². The van der Waals surface area contributed by atoms with E-state index >= 15 is 0 Å². The van der Waals surface area contributed by atoms with Gasteiger partial charge in [-0.1, -0.05) is 33.6 Å². The van der Waals surface area contributed by atoms with Gasteiger partial charge in [-0.25, -0.2) is 4.98 Å². The zero-order valence-corrected chi connectivity index (χ0v) is 12.1. The Hall–Kier alpha value is -0.900. The van der Waals surface area contributed by atoms with Crippen LogP contribution in [0.1, 0.15) is 52.3 Å². The number of aromatic nitrogens is 3. The summed E-state index contributed by atoms with van der Waals surface area (Å²) in [5.74, 6) is 1.66. The molecule has 1 N–H and O–H groups in total. The van der Waals surface area contributed by atoms with Crippen LogP contribution < -0.4 is 5.32 Å². The summed E-state index contributed by atoms with van der Waals surface area (Å²) in [7, 11) is 1.91. The topological polar surface area (TPSA) is 42.7 Å². The third kappa shape index (κ3) is 3.31. The van der Waals surface area contributed by atoms with E-state index in [4.69, 9.17) is 0 Å². The highest BCUT2D eigenvalue weighted by Gasteiger charge is 2.33. The van der Waals surface area contributed by atoms with Crippen molar-refractivity contribution in [2.24, 2.45) is 18.4 Å². The fraction of sp³-hybridized carbons (Fsp3) is 0.857. The van der Waals surface area contributed by atoms with Crippen molar-refractivity contribution in [3.8, 4) is 0 Å². The van der Waals surface area contributed by atoms with Crippen LogP contribution in [-0.4, -0.2) is 20.8 Å². The molecule has 18 heavy (non-hydrogen) atoms. The predicted molar refractivity (Wildman–Crippen MR) is 73.0 cm³/mol. The first-order chi connectivity index (χ1) is 8.47. The van der Waals surface area contributed by atoms with Crippen molar-refractivity contribution < 1.29 is 0 Å². The molecule has 0 saturated heterocycles. The van der Waals surface area contributed by atoms with Gasteiger partial charge in [-0.15, -0.1) is 0 Å². The van der Waals surface area contributed by atoms with Gasteiger partial charge >= 0.3 is 0 Å². The molecule has 1 aromatic heterocycles. The molecule has 0 bridgehead atoms. The molecule has 1 saturated carbocycles. The molecular weight excluding hydrogens is 224 g/mol. The van der Waals surface area contributed by atoms with Crippen LogP contribution in [-0.2, 0) is 13.6 Å². The first kappa shape index (κ1) is 13.5. The summed E-state index contributed by atoms with van der Waals surface area (Å²) in [5, 5.41) is 7.99. The maximum Gasteiger partial charge on any atom is 0.164 e. The lowest BCUT2D eigenvalue weighted by atomic mass is 9.69. The zero-order valence-electron chi connectivity index (χ0n) is 12.1. The van der Waals surface area contributed by atoms with Crippen LogP contribution in [0.25, 0.3) is 0 Å². The summed E-state index contributed by atoms with van der Waals surface area (Å²) in [6, 6.07) is 0.613. The second kappa shape index (κ2) is 5.39. The van der Waals surface area contributed by atoms with E-state index in [0.29, 0.717) is 11.5 Å². The number of nitrogens with zero attached hydrogens (tertiary/aromatic N) is 3. The predicted octanol–water partition coefficient (Wildman–Crippen LogP) is 2.51. The van der Waals surface area contributed by atoms with Crippen molar-refractivity contribution in [3.63, 3.8) is 0 Å². The molecule has 1 aliphatic rings. The number of hydrogen-bond donors (Lipinski definition) is 1. The van der Waals surface area contributed by atoms with E-state index in [9.17, 15) is 0 Å². The van der Waals surface area contributed by atoms with Crippen molar-refractivity contribution in [1.29, 1.82) is 0 Å². The van der Waals surface area contributed by atoms with E-state index in [-0.39, 0.29) is 0 Å². The molecule has 0 aromatic carbocycles. The van der Waals surface area contributed by atoms with Crippen molar-refractivity contribution >= 4 is 0 Å². The standard InChI is InChI=1S/C14H26N4/c1-14(2,3)11-7-5-6-8-12(11)15-9-13-16-10-18(4)17-13/h10-12,15H,5-9H2,1-4H3. The van der Waals surface area contributed by atoms with Crippen molar-refractivity contribution in [3.05, 3.63) is 12.2 Å². The highest BCUT2D eigenvalue weighted by molar-refractivity contribution is 4.90. The lowest BCUT2D eigenvalue weighted by Gasteiger charge is -2.40. The molecule has 0 radical (unpaired) electrons. The number of nitrogens with one attached hydrogen (secondary N) is 1. The van der Waals surface area contributed by atoms with E-state index in [1.54, 1.807) is 11.0 Å². The van der Waals surface area contributed by atoms with E-state index in [0.717, 1.165) is 18.3 Å². The van der Waals surface area contributed by atoms with Crippen LogP contribution in [0.3, 0.4) is 0 Å². The van der Waals surface area contributed by atoms with Crippen LogP contribution in [0.2, 0.25) is 0 Å². The Kier molecular flexibility index (Phi) is 4.05. The Morgan fingerprint density at radius 2 is 2.06 bits per heavy atom. The highest BCUT2D eigenvalue weighted by atomic mass is 15.3. The molecule has 2 unspecified atom stereocenters. The van der Waals surface area contributed by atoms with E-state index in [1.807, 2.05) is 7.05 Å². The highest BCUT2D eigenvalue weighted by Crippen LogP contribution is 2.37. The molecular formula is C14H26N4. The summed E-state index contributed by atoms with van der Waals surface area (Å²) < 4.78 is 1.76. The first-order valence-electron chi connectivity index (χ1n) is 7.05. The van der Waals surface area contributed by atoms with E-state index < -0.39 is 0 Å². The minimum atomic E-state index is 0.385. The lowest BCUT2D eigenvalue weighted by Crippen LogP contribution is -2.44. The Bertz CT molecular complexity index is 377. The van der Waals surface area contributed by atoms with Gasteiger partial charge in [-0.2, -0.15) is 5.10 Å². The van der Waals surface area contributed by atoms with Crippen molar-refractivity contribution in [1.82, 2.24) is 20.1 Å². The molecule has 0 spiro atoms. The number of hydrogen-bond acceptors (Lipinski definition) is 3. The SMILES string of the molecule is Cn1cnc(CNC2CCCCC2C(C)(C)C)n1. The third-order valence-corrected chi connectivity index (χ3v) is 4.05.